The summed E-state index contributed by atoms with van der Waals surface area (Å²) in [5, 5.41) is 12.7. The molecule has 1 saturated carbocycles. The zero-order valence-electron chi connectivity index (χ0n) is 11.7. The van der Waals surface area contributed by atoms with Gasteiger partial charge in [-0.05, 0) is 50.8 Å². The van der Waals surface area contributed by atoms with E-state index >= 15 is 0 Å². The Balaban J connectivity index is 2.03. The van der Waals surface area contributed by atoms with Crippen LogP contribution in [0.2, 0.25) is 0 Å². The van der Waals surface area contributed by atoms with Crippen molar-refractivity contribution < 1.29 is 13.5 Å². The van der Waals surface area contributed by atoms with E-state index in [1.165, 1.54) is 7.05 Å². The van der Waals surface area contributed by atoms with Crippen molar-refractivity contribution in [1.29, 1.82) is 0 Å². The van der Waals surface area contributed by atoms with E-state index in [4.69, 9.17) is 0 Å². The van der Waals surface area contributed by atoms with Gasteiger partial charge in [-0.25, -0.2) is 13.1 Å². The number of nitrogens with one attached hydrogen (secondary N) is 2. The van der Waals surface area contributed by atoms with E-state index in [-0.39, 0.29) is 11.0 Å². The standard InChI is InChI=1S/C14H22N2O3S/c1-15-20(18,19)14-5-3-2-4-13(14)16-10-11-6-8-12(17)9-7-11/h2-5,11-12,15-17H,6-10H2,1H3. The van der Waals surface area contributed by atoms with Crippen LogP contribution in [0.15, 0.2) is 29.2 Å². The van der Waals surface area contributed by atoms with Gasteiger partial charge >= 0.3 is 0 Å². The number of rotatable bonds is 5. The third-order valence-electron chi connectivity index (χ3n) is 3.84. The lowest BCUT2D eigenvalue weighted by molar-refractivity contribution is 0.111. The summed E-state index contributed by atoms with van der Waals surface area (Å²) in [6, 6.07) is 6.91. The highest BCUT2D eigenvalue weighted by Crippen LogP contribution is 2.26. The van der Waals surface area contributed by atoms with Crippen LogP contribution in [0.25, 0.3) is 0 Å². The molecule has 1 aromatic carbocycles. The van der Waals surface area contributed by atoms with Crippen molar-refractivity contribution in [2.75, 3.05) is 18.9 Å². The molecule has 112 valence electrons. The summed E-state index contributed by atoms with van der Waals surface area (Å²) in [6.07, 6.45) is 3.47. The minimum Gasteiger partial charge on any atom is -0.393 e. The lowest BCUT2D eigenvalue weighted by Gasteiger charge is -2.26. The molecule has 1 aromatic rings. The van der Waals surface area contributed by atoms with Gasteiger partial charge in [0.15, 0.2) is 0 Å². The molecule has 0 aromatic heterocycles. The number of aliphatic hydroxyl groups excluding tert-OH is 1. The topological polar surface area (TPSA) is 78.4 Å². The van der Waals surface area contributed by atoms with Crippen LogP contribution in [0.3, 0.4) is 0 Å². The van der Waals surface area contributed by atoms with Crippen molar-refractivity contribution in [2.45, 2.75) is 36.7 Å². The second kappa shape index (κ2) is 6.56. The average molecular weight is 298 g/mol. The van der Waals surface area contributed by atoms with Gasteiger partial charge in [-0.1, -0.05) is 12.1 Å². The molecule has 0 radical (unpaired) electrons. The van der Waals surface area contributed by atoms with Gasteiger partial charge in [0.05, 0.1) is 11.8 Å². The molecule has 0 atom stereocenters. The summed E-state index contributed by atoms with van der Waals surface area (Å²) in [5.74, 6) is 0.490. The van der Waals surface area contributed by atoms with Gasteiger partial charge in [-0.2, -0.15) is 0 Å². The number of para-hydroxylation sites is 1. The highest BCUT2D eigenvalue weighted by atomic mass is 32.2. The summed E-state index contributed by atoms with van der Waals surface area (Å²) in [5.41, 5.74) is 0.632. The number of sulfonamides is 1. The Morgan fingerprint density at radius 1 is 1.20 bits per heavy atom. The predicted molar refractivity (Wildman–Crippen MR) is 79.1 cm³/mol. The first-order valence-corrected chi connectivity index (χ1v) is 8.46. The van der Waals surface area contributed by atoms with E-state index in [1.807, 2.05) is 6.07 Å². The Bertz CT molecular complexity index is 537. The summed E-state index contributed by atoms with van der Waals surface area (Å²) in [6.45, 7) is 0.739. The van der Waals surface area contributed by atoms with Crippen molar-refractivity contribution in [1.82, 2.24) is 4.72 Å². The maximum absolute atomic E-state index is 11.9. The fourth-order valence-electron chi connectivity index (χ4n) is 2.56. The van der Waals surface area contributed by atoms with Gasteiger partial charge in [0.1, 0.15) is 4.90 Å². The van der Waals surface area contributed by atoms with Gasteiger partial charge in [-0.3, -0.25) is 0 Å². The Morgan fingerprint density at radius 3 is 2.50 bits per heavy atom. The lowest BCUT2D eigenvalue weighted by Crippen LogP contribution is -2.25. The molecule has 1 fully saturated rings. The van der Waals surface area contributed by atoms with E-state index in [0.29, 0.717) is 11.6 Å². The molecule has 0 spiro atoms. The molecule has 1 aliphatic rings. The molecule has 0 saturated heterocycles. The monoisotopic (exact) mass is 298 g/mol. The van der Waals surface area contributed by atoms with Crippen LogP contribution >= 0.6 is 0 Å². The molecule has 5 nitrogen and oxygen atoms in total. The summed E-state index contributed by atoms with van der Waals surface area (Å²) >= 11 is 0. The summed E-state index contributed by atoms with van der Waals surface area (Å²) in [7, 11) is -2.03. The van der Waals surface area contributed by atoms with Crippen LogP contribution < -0.4 is 10.0 Å². The van der Waals surface area contributed by atoms with Crippen LogP contribution in [0.5, 0.6) is 0 Å². The van der Waals surface area contributed by atoms with Crippen LogP contribution in [0.1, 0.15) is 25.7 Å². The largest absolute Gasteiger partial charge is 0.393 e. The second-order valence-corrected chi connectivity index (χ2v) is 7.11. The molecule has 20 heavy (non-hydrogen) atoms. The maximum atomic E-state index is 11.9. The van der Waals surface area contributed by atoms with Gasteiger partial charge in [-0.15, -0.1) is 0 Å². The Morgan fingerprint density at radius 2 is 1.85 bits per heavy atom. The van der Waals surface area contributed by atoms with E-state index in [2.05, 4.69) is 10.0 Å². The highest BCUT2D eigenvalue weighted by Gasteiger charge is 2.20. The van der Waals surface area contributed by atoms with E-state index in [1.54, 1.807) is 18.2 Å². The summed E-state index contributed by atoms with van der Waals surface area (Å²) in [4.78, 5) is 0.276. The third-order valence-corrected chi connectivity index (χ3v) is 5.32. The molecule has 0 bridgehead atoms. The molecule has 6 heteroatoms. The van der Waals surface area contributed by atoms with Crippen molar-refractivity contribution >= 4 is 15.7 Å². The maximum Gasteiger partial charge on any atom is 0.242 e. The molecule has 0 unspecified atom stereocenters. The average Bonchev–Trinajstić information content (AvgIpc) is 2.47. The van der Waals surface area contributed by atoms with Crippen LogP contribution in [-0.4, -0.2) is 33.2 Å². The minimum absolute atomic E-state index is 0.164. The molecule has 0 amide bonds. The minimum atomic E-state index is -3.44. The van der Waals surface area contributed by atoms with Crippen molar-refractivity contribution in [3.8, 4) is 0 Å². The Labute approximate surface area is 120 Å². The number of hydrogen-bond donors (Lipinski definition) is 3. The SMILES string of the molecule is CNS(=O)(=O)c1ccccc1NCC1CCC(O)CC1. The number of hydrogen-bond acceptors (Lipinski definition) is 4. The fourth-order valence-corrected chi connectivity index (χ4v) is 3.47. The van der Waals surface area contributed by atoms with Gasteiger partial charge in [0, 0.05) is 6.54 Å². The highest BCUT2D eigenvalue weighted by molar-refractivity contribution is 7.89. The molecule has 0 heterocycles. The first-order chi connectivity index (χ1) is 9.53. The summed E-state index contributed by atoms with van der Waals surface area (Å²) < 4.78 is 26.2. The molecule has 0 aliphatic heterocycles. The first kappa shape index (κ1) is 15.3. The number of aliphatic hydroxyl groups is 1. The van der Waals surface area contributed by atoms with Crippen LogP contribution in [0.4, 0.5) is 5.69 Å². The zero-order chi connectivity index (χ0) is 14.6. The normalized spacial score (nSPS) is 23.5. The van der Waals surface area contributed by atoms with Gasteiger partial charge in [0.2, 0.25) is 10.0 Å². The molecule has 3 N–H and O–H groups in total. The van der Waals surface area contributed by atoms with Crippen molar-refractivity contribution in [2.24, 2.45) is 5.92 Å². The molecule has 1 aliphatic carbocycles. The number of anilines is 1. The van der Waals surface area contributed by atoms with E-state index in [0.717, 1.165) is 32.2 Å². The van der Waals surface area contributed by atoms with Crippen LogP contribution in [-0.2, 0) is 10.0 Å². The smallest absolute Gasteiger partial charge is 0.242 e. The molecular formula is C14H22N2O3S. The Kier molecular flexibility index (Phi) is 5.01. The third kappa shape index (κ3) is 3.71. The van der Waals surface area contributed by atoms with Crippen molar-refractivity contribution in [3.05, 3.63) is 24.3 Å². The van der Waals surface area contributed by atoms with E-state index < -0.39 is 10.0 Å². The zero-order valence-corrected chi connectivity index (χ0v) is 12.5. The predicted octanol–water partition coefficient (Wildman–Crippen LogP) is 1.56. The molecular weight excluding hydrogens is 276 g/mol. The lowest BCUT2D eigenvalue weighted by atomic mass is 9.87. The van der Waals surface area contributed by atoms with Gasteiger partial charge in [0.25, 0.3) is 0 Å². The van der Waals surface area contributed by atoms with E-state index in [9.17, 15) is 13.5 Å². The van der Waals surface area contributed by atoms with Crippen LogP contribution in [0, 0.1) is 5.92 Å². The number of benzene rings is 1. The quantitative estimate of drug-likeness (QED) is 0.771. The first-order valence-electron chi connectivity index (χ1n) is 6.97. The molecule has 2 rings (SSSR count). The Hall–Kier alpha value is -1.11. The van der Waals surface area contributed by atoms with Gasteiger partial charge < -0.3 is 10.4 Å². The van der Waals surface area contributed by atoms with Crippen molar-refractivity contribution in [3.63, 3.8) is 0 Å². The fraction of sp³-hybridized carbons (Fsp3) is 0.571. The second-order valence-electron chi connectivity index (χ2n) is 5.26.